The van der Waals surface area contributed by atoms with Crippen molar-refractivity contribution >= 4 is 15.9 Å². The van der Waals surface area contributed by atoms with Crippen molar-refractivity contribution in [1.29, 1.82) is 0 Å². The van der Waals surface area contributed by atoms with Gasteiger partial charge in [0.05, 0.1) is 0 Å². The summed E-state index contributed by atoms with van der Waals surface area (Å²) in [5, 5.41) is 0. The van der Waals surface area contributed by atoms with Crippen LogP contribution < -0.4 is 5.56 Å². The highest BCUT2D eigenvalue weighted by atomic mass is 79.9. The van der Waals surface area contributed by atoms with E-state index in [0.29, 0.717) is 15.8 Å². The number of H-pyrrole nitrogens is 1. The molecule has 3 rings (SSSR count). The van der Waals surface area contributed by atoms with Crippen molar-refractivity contribution in [2.75, 3.05) is 0 Å². The molecule has 1 aromatic rings. The van der Waals surface area contributed by atoms with Crippen LogP contribution >= 0.6 is 15.9 Å². The van der Waals surface area contributed by atoms with Gasteiger partial charge in [0.15, 0.2) is 0 Å². The van der Waals surface area contributed by atoms with E-state index in [1.54, 1.807) is 6.20 Å². The Morgan fingerprint density at radius 1 is 1.62 bits per heavy atom. The van der Waals surface area contributed by atoms with Gasteiger partial charge in [-0.05, 0) is 40.6 Å². The Morgan fingerprint density at radius 3 is 2.92 bits per heavy atom. The molecule has 2 aliphatic carbocycles. The van der Waals surface area contributed by atoms with Crippen molar-refractivity contribution in [2.45, 2.75) is 25.2 Å². The highest BCUT2D eigenvalue weighted by Crippen LogP contribution is 2.74. The molecule has 0 aliphatic heterocycles. The van der Waals surface area contributed by atoms with Gasteiger partial charge in [0, 0.05) is 12.1 Å². The first-order chi connectivity index (χ1) is 6.21. The maximum absolute atomic E-state index is 11.3. The Morgan fingerprint density at radius 2 is 2.38 bits per heavy atom. The summed E-state index contributed by atoms with van der Waals surface area (Å²) in [4.78, 5) is 18.3. The molecule has 1 atom stereocenters. The van der Waals surface area contributed by atoms with Crippen LogP contribution in [-0.2, 0) is 0 Å². The normalized spacial score (nSPS) is 27.6. The van der Waals surface area contributed by atoms with Gasteiger partial charge in [0.25, 0.3) is 5.56 Å². The summed E-state index contributed by atoms with van der Waals surface area (Å²) in [5.74, 6) is 1.42. The third kappa shape index (κ3) is 1.08. The Bertz CT molecular complexity index is 422. The number of aromatic amines is 1. The van der Waals surface area contributed by atoms with Crippen molar-refractivity contribution in [3.8, 4) is 0 Å². The lowest BCUT2D eigenvalue weighted by molar-refractivity contribution is 0.783. The molecule has 13 heavy (non-hydrogen) atoms. The van der Waals surface area contributed by atoms with Gasteiger partial charge in [-0.25, -0.2) is 4.98 Å². The number of rotatable bonds is 1. The second-order valence-electron chi connectivity index (χ2n) is 4.06. The van der Waals surface area contributed by atoms with Gasteiger partial charge in [-0.2, -0.15) is 0 Å². The average molecular weight is 241 g/mol. The minimum atomic E-state index is -0.0623. The molecule has 2 aliphatic rings. The maximum atomic E-state index is 11.3. The van der Waals surface area contributed by atoms with Gasteiger partial charge < -0.3 is 4.98 Å². The molecule has 2 saturated carbocycles. The molecule has 1 heterocycles. The number of aromatic nitrogens is 2. The molecular weight excluding hydrogens is 232 g/mol. The van der Waals surface area contributed by atoms with E-state index in [4.69, 9.17) is 0 Å². The van der Waals surface area contributed by atoms with Gasteiger partial charge >= 0.3 is 0 Å². The fourth-order valence-corrected chi connectivity index (χ4v) is 2.22. The van der Waals surface area contributed by atoms with Crippen LogP contribution in [0.5, 0.6) is 0 Å². The molecule has 68 valence electrons. The Balaban J connectivity index is 1.98. The predicted molar refractivity (Wildman–Crippen MR) is 51.6 cm³/mol. The molecule has 3 nitrogen and oxygen atoms in total. The summed E-state index contributed by atoms with van der Waals surface area (Å²) in [6, 6.07) is 0. The smallest absolute Gasteiger partial charge is 0.265 e. The van der Waals surface area contributed by atoms with Crippen LogP contribution in [0, 0.1) is 5.41 Å². The zero-order valence-corrected chi connectivity index (χ0v) is 8.60. The van der Waals surface area contributed by atoms with Gasteiger partial charge in [-0.3, -0.25) is 4.79 Å². The molecule has 0 aromatic carbocycles. The molecule has 0 amide bonds. The van der Waals surface area contributed by atoms with E-state index in [-0.39, 0.29) is 5.56 Å². The van der Waals surface area contributed by atoms with Gasteiger partial charge in [0.1, 0.15) is 10.3 Å². The molecule has 4 heteroatoms. The predicted octanol–water partition coefficient (Wildman–Crippen LogP) is 1.80. The summed E-state index contributed by atoms with van der Waals surface area (Å²) in [7, 11) is 0. The van der Waals surface area contributed by atoms with Crippen LogP contribution in [0.25, 0.3) is 0 Å². The molecule has 1 aromatic heterocycles. The Labute approximate surface area is 83.7 Å². The number of hydrogen-bond donors (Lipinski definition) is 1. The fraction of sp³-hybridized carbons (Fsp3) is 0.556. The average Bonchev–Trinajstić information content (AvgIpc) is 3.00. The minimum Gasteiger partial charge on any atom is -0.309 e. The highest BCUT2D eigenvalue weighted by molar-refractivity contribution is 9.10. The van der Waals surface area contributed by atoms with E-state index in [1.807, 2.05) is 0 Å². The highest BCUT2D eigenvalue weighted by Gasteiger charge is 2.64. The van der Waals surface area contributed by atoms with E-state index in [2.05, 4.69) is 25.9 Å². The topological polar surface area (TPSA) is 45.8 Å². The zero-order valence-electron chi connectivity index (χ0n) is 7.01. The van der Waals surface area contributed by atoms with E-state index in [1.165, 1.54) is 19.3 Å². The van der Waals surface area contributed by atoms with Crippen LogP contribution in [-0.4, -0.2) is 9.97 Å². The van der Waals surface area contributed by atoms with Crippen LogP contribution in [0.15, 0.2) is 15.5 Å². The van der Waals surface area contributed by atoms with E-state index in [0.717, 1.165) is 5.82 Å². The van der Waals surface area contributed by atoms with Crippen LogP contribution in [0.3, 0.4) is 0 Å². The van der Waals surface area contributed by atoms with E-state index in [9.17, 15) is 4.79 Å². The number of halogens is 1. The zero-order chi connectivity index (χ0) is 9.05. The largest absolute Gasteiger partial charge is 0.309 e. The molecule has 1 spiro atoms. The first-order valence-electron chi connectivity index (χ1n) is 4.46. The summed E-state index contributed by atoms with van der Waals surface area (Å²) in [6.07, 6.45) is 5.45. The summed E-state index contributed by atoms with van der Waals surface area (Å²) >= 11 is 3.14. The molecule has 0 saturated heterocycles. The molecule has 0 bridgehead atoms. The second-order valence-corrected chi connectivity index (χ2v) is 4.92. The SMILES string of the molecule is O=c1[nH]c(C2CC23CC3)ncc1Br. The van der Waals surface area contributed by atoms with Crippen molar-refractivity contribution in [3.63, 3.8) is 0 Å². The molecule has 1 unspecified atom stereocenters. The van der Waals surface area contributed by atoms with Crippen molar-refractivity contribution < 1.29 is 0 Å². The molecular formula is C9H9BrN2O. The number of nitrogens with one attached hydrogen (secondary N) is 1. The molecule has 0 radical (unpaired) electrons. The fourth-order valence-electron chi connectivity index (χ4n) is 2.02. The lowest BCUT2D eigenvalue weighted by Gasteiger charge is -1.97. The summed E-state index contributed by atoms with van der Waals surface area (Å²) in [6.45, 7) is 0. The van der Waals surface area contributed by atoms with Crippen LogP contribution in [0.2, 0.25) is 0 Å². The monoisotopic (exact) mass is 240 g/mol. The number of nitrogens with zero attached hydrogens (tertiary/aromatic N) is 1. The first kappa shape index (κ1) is 7.74. The first-order valence-corrected chi connectivity index (χ1v) is 5.25. The number of hydrogen-bond acceptors (Lipinski definition) is 2. The Kier molecular flexibility index (Phi) is 1.33. The third-order valence-corrected chi connectivity index (χ3v) is 3.75. The lowest BCUT2D eigenvalue weighted by Crippen LogP contribution is -2.11. The second kappa shape index (κ2) is 2.23. The molecule has 1 N–H and O–H groups in total. The van der Waals surface area contributed by atoms with Crippen LogP contribution in [0.1, 0.15) is 31.0 Å². The quantitative estimate of drug-likeness (QED) is 0.814. The van der Waals surface area contributed by atoms with E-state index >= 15 is 0 Å². The summed E-state index contributed by atoms with van der Waals surface area (Å²) < 4.78 is 0.516. The third-order valence-electron chi connectivity index (χ3n) is 3.19. The van der Waals surface area contributed by atoms with E-state index < -0.39 is 0 Å². The standard InChI is InChI=1S/C9H9BrN2O/c10-6-4-11-7(12-8(6)13)5-3-9(5)1-2-9/h4-5H,1-3H2,(H,11,12,13). The van der Waals surface area contributed by atoms with Crippen LogP contribution in [0.4, 0.5) is 0 Å². The van der Waals surface area contributed by atoms with Gasteiger partial charge in [0.2, 0.25) is 0 Å². The maximum Gasteiger partial charge on any atom is 0.265 e. The minimum absolute atomic E-state index is 0.0623. The summed E-state index contributed by atoms with van der Waals surface area (Å²) in [5.41, 5.74) is 0.497. The van der Waals surface area contributed by atoms with Crippen molar-refractivity contribution in [2.24, 2.45) is 5.41 Å². The van der Waals surface area contributed by atoms with Gasteiger partial charge in [-0.15, -0.1) is 0 Å². The van der Waals surface area contributed by atoms with Crippen molar-refractivity contribution in [1.82, 2.24) is 9.97 Å². The lowest BCUT2D eigenvalue weighted by atomic mass is 10.3. The molecule has 2 fully saturated rings. The van der Waals surface area contributed by atoms with Crippen molar-refractivity contribution in [3.05, 3.63) is 26.8 Å². The Hall–Kier alpha value is -0.640. The van der Waals surface area contributed by atoms with Gasteiger partial charge in [-0.1, -0.05) is 0 Å².